The van der Waals surface area contributed by atoms with Crippen molar-refractivity contribution in [2.24, 2.45) is 10.2 Å². The molecule has 3 N–H and O–H groups in total. The molecule has 1 heterocycles. The number of benzene rings is 3. The predicted octanol–water partition coefficient (Wildman–Crippen LogP) is 6.73. The lowest BCUT2D eigenvalue weighted by atomic mass is 10.1. The van der Waals surface area contributed by atoms with Gasteiger partial charge < -0.3 is 16.0 Å². The first kappa shape index (κ1) is 21.3. The Morgan fingerprint density at radius 3 is 2.16 bits per heavy atom. The molecule has 0 spiro atoms. The number of thiophene rings is 1. The molecule has 4 aromatic rings. The van der Waals surface area contributed by atoms with E-state index in [0.29, 0.717) is 22.6 Å². The zero-order valence-electron chi connectivity index (χ0n) is 17.8. The van der Waals surface area contributed by atoms with E-state index in [2.05, 4.69) is 15.5 Å². The van der Waals surface area contributed by atoms with Crippen molar-refractivity contribution in [1.29, 1.82) is 0 Å². The Morgan fingerprint density at radius 1 is 0.906 bits per heavy atom. The Balaban J connectivity index is 1.44. The first-order valence-electron chi connectivity index (χ1n) is 10.0. The molecule has 0 aliphatic heterocycles. The molecule has 0 atom stereocenters. The minimum atomic E-state index is -0.234. The van der Waals surface area contributed by atoms with Crippen molar-refractivity contribution in [3.8, 4) is 10.4 Å². The first-order valence-corrected chi connectivity index (χ1v) is 10.9. The molecule has 0 unspecified atom stereocenters. The molecule has 4 rings (SSSR count). The van der Waals surface area contributed by atoms with Crippen molar-refractivity contribution in [2.75, 3.05) is 30.0 Å². The maximum atomic E-state index is 12.7. The summed E-state index contributed by atoms with van der Waals surface area (Å²) in [7, 11) is 3.98. The minimum Gasteiger partial charge on any atom is -0.397 e. The SMILES string of the molecule is CN(C)c1ccc(/N=N/c2ccc(C(=O)Nc3cc(-c4cccs4)ccc3N)cc2)cc1. The third-order valence-electron chi connectivity index (χ3n) is 4.88. The van der Waals surface area contributed by atoms with Gasteiger partial charge >= 0.3 is 0 Å². The van der Waals surface area contributed by atoms with Gasteiger partial charge in [-0.25, -0.2) is 0 Å². The highest BCUT2D eigenvalue weighted by Gasteiger charge is 2.10. The number of nitrogens with one attached hydrogen (secondary N) is 1. The summed E-state index contributed by atoms with van der Waals surface area (Å²) in [6.45, 7) is 0. The zero-order valence-corrected chi connectivity index (χ0v) is 18.6. The Bertz CT molecular complexity index is 1230. The number of nitrogen functional groups attached to an aromatic ring is 1. The third kappa shape index (κ3) is 5.01. The van der Waals surface area contributed by atoms with Gasteiger partial charge in [0.05, 0.1) is 22.7 Å². The number of nitrogens with zero attached hydrogens (tertiary/aromatic N) is 3. The second kappa shape index (κ2) is 9.45. The Morgan fingerprint density at radius 2 is 1.56 bits per heavy atom. The molecule has 1 amide bonds. The van der Waals surface area contributed by atoms with E-state index in [0.717, 1.165) is 21.8 Å². The lowest BCUT2D eigenvalue weighted by molar-refractivity contribution is 0.102. The van der Waals surface area contributed by atoms with E-state index in [-0.39, 0.29) is 5.91 Å². The fourth-order valence-electron chi connectivity index (χ4n) is 3.07. The van der Waals surface area contributed by atoms with Crippen LogP contribution in [0.5, 0.6) is 0 Å². The fraction of sp³-hybridized carbons (Fsp3) is 0.0800. The van der Waals surface area contributed by atoms with Gasteiger partial charge in [0.15, 0.2) is 0 Å². The van der Waals surface area contributed by atoms with E-state index in [1.165, 1.54) is 0 Å². The molecule has 0 fully saturated rings. The van der Waals surface area contributed by atoms with Crippen LogP contribution in [0.2, 0.25) is 0 Å². The lowest BCUT2D eigenvalue weighted by Crippen LogP contribution is -2.13. The second-order valence-corrected chi connectivity index (χ2v) is 8.34. The first-order chi connectivity index (χ1) is 15.5. The van der Waals surface area contributed by atoms with E-state index in [1.54, 1.807) is 41.7 Å². The van der Waals surface area contributed by atoms with Crippen LogP contribution in [-0.4, -0.2) is 20.0 Å². The van der Waals surface area contributed by atoms with Gasteiger partial charge in [0.2, 0.25) is 0 Å². The number of hydrogen-bond acceptors (Lipinski definition) is 6. The smallest absolute Gasteiger partial charge is 0.255 e. The van der Waals surface area contributed by atoms with Crippen LogP contribution in [0.4, 0.5) is 28.4 Å². The molecule has 3 aromatic carbocycles. The summed E-state index contributed by atoms with van der Waals surface area (Å²) < 4.78 is 0. The second-order valence-electron chi connectivity index (χ2n) is 7.39. The van der Waals surface area contributed by atoms with Gasteiger partial charge in [-0.05, 0) is 77.7 Å². The number of nitrogens with two attached hydrogens (primary N) is 1. The van der Waals surface area contributed by atoms with Gasteiger partial charge in [-0.3, -0.25) is 4.79 Å². The van der Waals surface area contributed by atoms with Gasteiger partial charge in [0.1, 0.15) is 0 Å². The van der Waals surface area contributed by atoms with Gasteiger partial charge in [0, 0.05) is 30.2 Å². The van der Waals surface area contributed by atoms with Crippen LogP contribution in [0.1, 0.15) is 10.4 Å². The van der Waals surface area contributed by atoms with Crippen molar-refractivity contribution < 1.29 is 4.79 Å². The van der Waals surface area contributed by atoms with Crippen LogP contribution in [0, 0.1) is 0 Å². The van der Waals surface area contributed by atoms with Gasteiger partial charge in [-0.1, -0.05) is 12.1 Å². The maximum Gasteiger partial charge on any atom is 0.255 e. The Labute approximate surface area is 191 Å². The molecule has 0 saturated carbocycles. The molecule has 1 aromatic heterocycles. The highest BCUT2D eigenvalue weighted by molar-refractivity contribution is 7.13. The average molecular weight is 442 g/mol. The van der Waals surface area contributed by atoms with Crippen LogP contribution in [0.3, 0.4) is 0 Å². The van der Waals surface area contributed by atoms with E-state index >= 15 is 0 Å². The van der Waals surface area contributed by atoms with Crippen molar-refractivity contribution >= 4 is 45.7 Å². The minimum absolute atomic E-state index is 0.234. The summed E-state index contributed by atoms with van der Waals surface area (Å²) in [4.78, 5) is 15.9. The monoisotopic (exact) mass is 441 g/mol. The molecule has 0 radical (unpaired) electrons. The summed E-state index contributed by atoms with van der Waals surface area (Å²) in [5, 5.41) is 13.4. The molecule has 0 bridgehead atoms. The van der Waals surface area contributed by atoms with E-state index in [9.17, 15) is 4.79 Å². The molecule has 6 nitrogen and oxygen atoms in total. The van der Waals surface area contributed by atoms with Crippen LogP contribution in [-0.2, 0) is 0 Å². The fourth-order valence-corrected chi connectivity index (χ4v) is 3.79. The van der Waals surface area contributed by atoms with E-state index in [4.69, 9.17) is 5.73 Å². The largest absolute Gasteiger partial charge is 0.397 e. The number of amides is 1. The van der Waals surface area contributed by atoms with Gasteiger partial charge in [-0.15, -0.1) is 11.3 Å². The number of anilines is 3. The zero-order chi connectivity index (χ0) is 22.5. The Hall–Kier alpha value is -3.97. The number of carbonyl (C=O) groups excluding carboxylic acids is 1. The average Bonchev–Trinajstić information content (AvgIpc) is 3.35. The van der Waals surface area contributed by atoms with Crippen molar-refractivity contribution in [1.82, 2.24) is 0 Å². The van der Waals surface area contributed by atoms with Crippen LogP contribution in [0.25, 0.3) is 10.4 Å². The molecule has 0 aliphatic rings. The predicted molar refractivity (Wildman–Crippen MR) is 134 cm³/mol. The van der Waals surface area contributed by atoms with E-state index < -0.39 is 0 Å². The lowest BCUT2D eigenvalue weighted by Gasteiger charge is -2.11. The molecule has 7 heteroatoms. The summed E-state index contributed by atoms with van der Waals surface area (Å²) in [6.07, 6.45) is 0. The number of hydrogen-bond donors (Lipinski definition) is 2. The summed E-state index contributed by atoms with van der Waals surface area (Å²) in [5.41, 5.74) is 11.2. The highest BCUT2D eigenvalue weighted by Crippen LogP contribution is 2.30. The number of carbonyl (C=O) groups is 1. The third-order valence-corrected chi connectivity index (χ3v) is 5.80. The molecule has 32 heavy (non-hydrogen) atoms. The normalized spacial score (nSPS) is 10.9. The van der Waals surface area contributed by atoms with E-state index in [1.807, 2.05) is 72.9 Å². The molecule has 160 valence electrons. The number of rotatable bonds is 6. The van der Waals surface area contributed by atoms with Crippen LogP contribution >= 0.6 is 11.3 Å². The quantitative estimate of drug-likeness (QED) is 0.257. The molecular formula is C25H23N5OS. The molecule has 0 saturated heterocycles. The van der Waals surface area contributed by atoms with Crippen LogP contribution < -0.4 is 16.0 Å². The standard InChI is InChI=1S/C25H23N5OS/c1-30(2)21-12-10-20(11-13-21)29-28-19-8-5-17(6-9-19)25(31)27-23-16-18(7-14-22(23)26)24-4-3-15-32-24/h3-16H,26H2,1-2H3,(H,27,31)/b29-28+. The highest BCUT2D eigenvalue weighted by atomic mass is 32.1. The van der Waals surface area contributed by atoms with Gasteiger partial charge in [0.25, 0.3) is 5.91 Å². The topological polar surface area (TPSA) is 83.1 Å². The summed E-state index contributed by atoms with van der Waals surface area (Å²) >= 11 is 1.64. The number of azo groups is 1. The maximum absolute atomic E-state index is 12.7. The Kier molecular flexibility index (Phi) is 6.28. The van der Waals surface area contributed by atoms with Crippen molar-refractivity contribution in [2.45, 2.75) is 0 Å². The van der Waals surface area contributed by atoms with Crippen molar-refractivity contribution in [3.05, 3.63) is 89.8 Å². The van der Waals surface area contributed by atoms with Crippen LogP contribution in [0.15, 0.2) is 94.5 Å². The van der Waals surface area contributed by atoms with Gasteiger partial charge in [-0.2, -0.15) is 10.2 Å². The van der Waals surface area contributed by atoms with Crippen molar-refractivity contribution in [3.63, 3.8) is 0 Å². The summed E-state index contributed by atoms with van der Waals surface area (Å²) in [5.74, 6) is -0.234. The molecule has 0 aliphatic carbocycles. The summed E-state index contributed by atoms with van der Waals surface area (Å²) in [6, 6.07) is 24.4. The molecular weight excluding hydrogens is 418 g/mol.